The number of aliphatic hydroxyl groups excluding tert-OH is 1. The van der Waals surface area contributed by atoms with Crippen molar-refractivity contribution in [2.24, 2.45) is 5.92 Å². The van der Waals surface area contributed by atoms with E-state index < -0.39 is 0 Å². The molecule has 1 rings (SSSR count). The number of hydrogen-bond donors (Lipinski definition) is 1. The third-order valence-corrected chi connectivity index (χ3v) is 2.72. The van der Waals surface area contributed by atoms with Crippen molar-refractivity contribution in [2.75, 3.05) is 0 Å². The highest BCUT2D eigenvalue weighted by atomic mass is 16.3. The van der Waals surface area contributed by atoms with Gasteiger partial charge in [0.05, 0.1) is 6.10 Å². The minimum atomic E-state index is -0.231. The van der Waals surface area contributed by atoms with Gasteiger partial charge in [-0.25, -0.2) is 0 Å². The first kappa shape index (κ1) is 10.5. The Bertz CT molecular complexity index is 203. The molecule has 13 heavy (non-hydrogen) atoms. The van der Waals surface area contributed by atoms with E-state index in [-0.39, 0.29) is 6.10 Å². The average molecular weight is 180 g/mol. The van der Waals surface area contributed by atoms with Gasteiger partial charge in [0.1, 0.15) is 0 Å². The Morgan fingerprint density at radius 3 is 2.92 bits per heavy atom. The Hall–Kier alpha value is -0.560. The van der Waals surface area contributed by atoms with Gasteiger partial charge in [0, 0.05) is 0 Å². The van der Waals surface area contributed by atoms with Gasteiger partial charge in [-0.05, 0) is 44.1 Å². The first-order valence-corrected chi connectivity index (χ1v) is 5.25. The fraction of sp³-hybridized carbons (Fsp3) is 0.667. The molecule has 0 amide bonds. The van der Waals surface area contributed by atoms with E-state index in [4.69, 9.17) is 0 Å². The van der Waals surface area contributed by atoms with Crippen LogP contribution in [0.15, 0.2) is 23.8 Å². The van der Waals surface area contributed by atoms with E-state index >= 15 is 0 Å². The van der Waals surface area contributed by atoms with Crippen LogP contribution in [0.5, 0.6) is 0 Å². The Labute approximate surface area is 81.2 Å². The molecule has 74 valence electrons. The van der Waals surface area contributed by atoms with Gasteiger partial charge in [0.2, 0.25) is 0 Å². The number of aliphatic hydroxyl groups is 1. The summed E-state index contributed by atoms with van der Waals surface area (Å²) in [7, 11) is 0. The third-order valence-electron chi connectivity index (χ3n) is 2.72. The predicted molar refractivity (Wildman–Crippen MR) is 56.5 cm³/mol. The summed E-state index contributed by atoms with van der Waals surface area (Å²) in [6.07, 6.45) is 10.9. The largest absolute Gasteiger partial charge is 0.389 e. The summed E-state index contributed by atoms with van der Waals surface area (Å²) in [6, 6.07) is 0. The summed E-state index contributed by atoms with van der Waals surface area (Å²) >= 11 is 0. The van der Waals surface area contributed by atoms with Crippen molar-refractivity contribution in [3.63, 3.8) is 0 Å². The van der Waals surface area contributed by atoms with Gasteiger partial charge in [-0.2, -0.15) is 0 Å². The SMILES string of the molecule is CCC(O)C(C)=CC1CC=CCC1. The molecule has 0 saturated heterocycles. The number of hydrogen-bond acceptors (Lipinski definition) is 1. The van der Waals surface area contributed by atoms with Crippen LogP contribution in [0.3, 0.4) is 0 Å². The van der Waals surface area contributed by atoms with Gasteiger partial charge < -0.3 is 5.11 Å². The second-order valence-corrected chi connectivity index (χ2v) is 3.88. The zero-order chi connectivity index (χ0) is 9.68. The predicted octanol–water partition coefficient (Wildman–Crippen LogP) is 3.06. The van der Waals surface area contributed by atoms with Crippen LogP contribution >= 0.6 is 0 Å². The summed E-state index contributed by atoms with van der Waals surface area (Å²) in [4.78, 5) is 0. The molecule has 2 unspecified atom stereocenters. The molecular weight excluding hydrogens is 160 g/mol. The third kappa shape index (κ3) is 3.35. The summed E-state index contributed by atoms with van der Waals surface area (Å²) in [5, 5.41) is 9.57. The lowest BCUT2D eigenvalue weighted by molar-refractivity contribution is 0.205. The monoisotopic (exact) mass is 180 g/mol. The molecule has 1 aliphatic rings. The van der Waals surface area contributed by atoms with Crippen LogP contribution in [0.25, 0.3) is 0 Å². The van der Waals surface area contributed by atoms with Crippen molar-refractivity contribution in [1.82, 2.24) is 0 Å². The summed E-state index contributed by atoms with van der Waals surface area (Å²) in [6.45, 7) is 4.05. The molecule has 0 aromatic heterocycles. The van der Waals surface area contributed by atoms with E-state index in [9.17, 15) is 5.11 Å². The molecule has 0 saturated carbocycles. The van der Waals surface area contributed by atoms with Gasteiger partial charge in [0.15, 0.2) is 0 Å². The van der Waals surface area contributed by atoms with E-state index in [1.807, 2.05) is 13.8 Å². The average Bonchev–Trinajstić information content (AvgIpc) is 2.18. The zero-order valence-corrected chi connectivity index (χ0v) is 8.66. The molecule has 0 aromatic carbocycles. The highest BCUT2D eigenvalue weighted by Crippen LogP contribution is 2.21. The molecule has 0 fully saturated rings. The molecular formula is C12H20O. The van der Waals surface area contributed by atoms with E-state index in [0.717, 1.165) is 18.4 Å². The molecule has 0 radical (unpaired) electrons. The van der Waals surface area contributed by atoms with Crippen LogP contribution in [0.2, 0.25) is 0 Å². The first-order chi connectivity index (χ1) is 6.24. The second kappa shape index (κ2) is 5.23. The Balaban J connectivity index is 2.48. The van der Waals surface area contributed by atoms with Crippen molar-refractivity contribution >= 4 is 0 Å². The number of rotatable bonds is 3. The summed E-state index contributed by atoms with van der Waals surface area (Å²) in [5.41, 5.74) is 1.14. The fourth-order valence-corrected chi connectivity index (χ4v) is 1.77. The maximum atomic E-state index is 9.57. The van der Waals surface area contributed by atoms with Crippen molar-refractivity contribution in [3.05, 3.63) is 23.8 Å². The minimum Gasteiger partial charge on any atom is -0.389 e. The van der Waals surface area contributed by atoms with Crippen LogP contribution in [-0.2, 0) is 0 Å². The van der Waals surface area contributed by atoms with Crippen molar-refractivity contribution in [2.45, 2.75) is 45.6 Å². The molecule has 1 aliphatic carbocycles. The van der Waals surface area contributed by atoms with Gasteiger partial charge in [-0.1, -0.05) is 25.2 Å². The van der Waals surface area contributed by atoms with Gasteiger partial charge in [0.25, 0.3) is 0 Å². The molecule has 1 heteroatoms. The van der Waals surface area contributed by atoms with Crippen LogP contribution in [0, 0.1) is 5.92 Å². The summed E-state index contributed by atoms with van der Waals surface area (Å²) < 4.78 is 0. The lowest BCUT2D eigenvalue weighted by Gasteiger charge is -2.16. The lowest BCUT2D eigenvalue weighted by Crippen LogP contribution is -2.08. The highest BCUT2D eigenvalue weighted by molar-refractivity contribution is 5.09. The van der Waals surface area contributed by atoms with E-state index in [1.165, 1.54) is 12.8 Å². The minimum absolute atomic E-state index is 0.231. The van der Waals surface area contributed by atoms with Gasteiger partial charge in [-0.15, -0.1) is 0 Å². The van der Waals surface area contributed by atoms with Gasteiger partial charge in [-0.3, -0.25) is 0 Å². The van der Waals surface area contributed by atoms with E-state index in [2.05, 4.69) is 18.2 Å². The van der Waals surface area contributed by atoms with E-state index in [1.54, 1.807) is 0 Å². The van der Waals surface area contributed by atoms with Crippen molar-refractivity contribution < 1.29 is 5.11 Å². The van der Waals surface area contributed by atoms with Crippen LogP contribution < -0.4 is 0 Å². The molecule has 0 aromatic rings. The first-order valence-electron chi connectivity index (χ1n) is 5.25. The zero-order valence-electron chi connectivity index (χ0n) is 8.66. The lowest BCUT2D eigenvalue weighted by atomic mass is 9.91. The van der Waals surface area contributed by atoms with Crippen LogP contribution in [-0.4, -0.2) is 11.2 Å². The maximum Gasteiger partial charge on any atom is 0.0744 e. The molecule has 2 atom stereocenters. The van der Waals surface area contributed by atoms with Crippen molar-refractivity contribution in [1.29, 1.82) is 0 Å². The molecule has 0 spiro atoms. The topological polar surface area (TPSA) is 20.2 Å². The highest BCUT2D eigenvalue weighted by Gasteiger charge is 2.09. The van der Waals surface area contributed by atoms with E-state index in [0.29, 0.717) is 5.92 Å². The molecule has 1 N–H and O–H groups in total. The standard InChI is InChI=1S/C12H20O/c1-3-12(13)10(2)9-11-7-5-4-6-8-11/h4-5,9,11-13H,3,6-8H2,1-2H3. The molecule has 0 heterocycles. The Morgan fingerprint density at radius 1 is 1.62 bits per heavy atom. The molecule has 0 aliphatic heterocycles. The fourth-order valence-electron chi connectivity index (χ4n) is 1.77. The second-order valence-electron chi connectivity index (χ2n) is 3.88. The quantitative estimate of drug-likeness (QED) is 0.662. The summed E-state index contributed by atoms with van der Waals surface area (Å²) in [5.74, 6) is 0.659. The smallest absolute Gasteiger partial charge is 0.0744 e. The van der Waals surface area contributed by atoms with Crippen molar-refractivity contribution in [3.8, 4) is 0 Å². The van der Waals surface area contributed by atoms with Crippen LogP contribution in [0.1, 0.15) is 39.5 Å². The molecule has 0 bridgehead atoms. The molecule has 1 nitrogen and oxygen atoms in total. The Morgan fingerprint density at radius 2 is 2.38 bits per heavy atom. The number of allylic oxidation sites excluding steroid dienone is 3. The Kier molecular flexibility index (Phi) is 4.23. The maximum absolute atomic E-state index is 9.57. The normalized spacial score (nSPS) is 26.1. The van der Waals surface area contributed by atoms with Crippen LogP contribution in [0.4, 0.5) is 0 Å². The van der Waals surface area contributed by atoms with Gasteiger partial charge >= 0.3 is 0 Å².